The molecule has 2 N–H and O–H groups in total. The van der Waals surface area contributed by atoms with Crippen LogP contribution in [0.25, 0.3) is 0 Å². The number of hydrogen-bond acceptors (Lipinski definition) is 2. The minimum atomic E-state index is 0.155. The Morgan fingerprint density at radius 2 is 1.71 bits per heavy atom. The van der Waals surface area contributed by atoms with E-state index in [4.69, 9.17) is 5.73 Å². The summed E-state index contributed by atoms with van der Waals surface area (Å²) in [6, 6.07) is 8.70. The third-order valence-electron chi connectivity index (χ3n) is 3.34. The molecule has 14 heavy (non-hydrogen) atoms. The highest BCUT2D eigenvalue weighted by atomic mass is 15.2. The highest BCUT2D eigenvalue weighted by Gasteiger charge is 2.40. The Morgan fingerprint density at radius 3 is 2.21 bits per heavy atom. The zero-order chi connectivity index (χ0) is 9.60. The van der Waals surface area contributed by atoms with Crippen LogP contribution in [0, 0.1) is 0 Å². The number of rotatable bonds is 2. The molecule has 0 unspecified atom stereocenters. The van der Waals surface area contributed by atoms with Gasteiger partial charge in [0.15, 0.2) is 0 Å². The van der Waals surface area contributed by atoms with E-state index in [0.717, 1.165) is 19.6 Å². The van der Waals surface area contributed by atoms with Crippen molar-refractivity contribution in [2.24, 2.45) is 5.73 Å². The SMILES string of the molecule is NC1(CN2Cc3ccccc3C2)CC1. The maximum atomic E-state index is 6.12. The first kappa shape index (κ1) is 8.45. The van der Waals surface area contributed by atoms with Crippen molar-refractivity contribution in [1.29, 1.82) is 0 Å². The second-order valence-corrected chi connectivity index (χ2v) is 4.78. The van der Waals surface area contributed by atoms with Crippen LogP contribution in [-0.2, 0) is 13.1 Å². The molecule has 1 aromatic carbocycles. The molecule has 0 bridgehead atoms. The summed E-state index contributed by atoms with van der Waals surface area (Å²) < 4.78 is 0. The van der Waals surface area contributed by atoms with E-state index >= 15 is 0 Å². The summed E-state index contributed by atoms with van der Waals surface area (Å²) in [6.45, 7) is 3.26. The van der Waals surface area contributed by atoms with Crippen molar-refractivity contribution < 1.29 is 0 Å². The number of fused-ring (bicyclic) bond motifs is 1. The second kappa shape index (κ2) is 2.81. The van der Waals surface area contributed by atoms with Crippen molar-refractivity contribution in [3.05, 3.63) is 35.4 Å². The average molecular weight is 188 g/mol. The fourth-order valence-electron chi connectivity index (χ4n) is 2.28. The van der Waals surface area contributed by atoms with Gasteiger partial charge in [0.2, 0.25) is 0 Å². The molecule has 2 nitrogen and oxygen atoms in total. The van der Waals surface area contributed by atoms with Crippen LogP contribution in [0.5, 0.6) is 0 Å². The lowest BCUT2D eigenvalue weighted by molar-refractivity contribution is 0.258. The standard InChI is InChI=1S/C12H16N2/c13-12(5-6-12)9-14-7-10-3-1-2-4-11(10)8-14/h1-4H,5-9,13H2. The van der Waals surface area contributed by atoms with E-state index in [9.17, 15) is 0 Å². The molecule has 0 amide bonds. The monoisotopic (exact) mass is 188 g/mol. The fraction of sp³-hybridized carbons (Fsp3) is 0.500. The number of nitrogens with two attached hydrogens (primary N) is 1. The topological polar surface area (TPSA) is 29.3 Å². The Bertz CT molecular complexity index is 330. The van der Waals surface area contributed by atoms with Gasteiger partial charge in [-0.2, -0.15) is 0 Å². The van der Waals surface area contributed by atoms with Gasteiger partial charge in [0.05, 0.1) is 0 Å². The normalized spacial score (nSPS) is 23.5. The Hall–Kier alpha value is -0.860. The van der Waals surface area contributed by atoms with E-state index in [0.29, 0.717) is 0 Å². The summed E-state index contributed by atoms with van der Waals surface area (Å²) in [7, 11) is 0. The molecule has 0 spiro atoms. The summed E-state index contributed by atoms with van der Waals surface area (Å²) in [5, 5.41) is 0. The maximum Gasteiger partial charge on any atom is 0.0285 e. The molecule has 1 aromatic rings. The van der Waals surface area contributed by atoms with Crippen LogP contribution in [0.4, 0.5) is 0 Å². The molecule has 1 heterocycles. The van der Waals surface area contributed by atoms with Crippen LogP contribution in [0.2, 0.25) is 0 Å². The molecule has 3 rings (SSSR count). The Kier molecular flexibility index (Phi) is 1.70. The largest absolute Gasteiger partial charge is 0.324 e. The van der Waals surface area contributed by atoms with Crippen LogP contribution in [0.1, 0.15) is 24.0 Å². The molecular formula is C12H16N2. The molecule has 0 aromatic heterocycles. The molecule has 74 valence electrons. The van der Waals surface area contributed by atoms with E-state index in [1.807, 2.05) is 0 Å². The zero-order valence-corrected chi connectivity index (χ0v) is 8.37. The molecule has 0 atom stereocenters. The maximum absolute atomic E-state index is 6.12. The van der Waals surface area contributed by atoms with Gasteiger partial charge in [-0.05, 0) is 24.0 Å². The van der Waals surface area contributed by atoms with Crippen molar-refractivity contribution in [2.45, 2.75) is 31.5 Å². The van der Waals surface area contributed by atoms with Gasteiger partial charge in [-0.1, -0.05) is 24.3 Å². The van der Waals surface area contributed by atoms with Crippen molar-refractivity contribution in [2.75, 3.05) is 6.54 Å². The average Bonchev–Trinajstić information content (AvgIpc) is 2.77. The van der Waals surface area contributed by atoms with Gasteiger partial charge >= 0.3 is 0 Å². The lowest BCUT2D eigenvalue weighted by Crippen LogP contribution is -2.36. The van der Waals surface area contributed by atoms with Gasteiger partial charge in [-0.25, -0.2) is 0 Å². The van der Waals surface area contributed by atoms with Crippen molar-refractivity contribution in [3.8, 4) is 0 Å². The quantitative estimate of drug-likeness (QED) is 0.762. The highest BCUT2D eigenvalue weighted by Crippen LogP contribution is 2.35. The first-order valence-corrected chi connectivity index (χ1v) is 5.33. The van der Waals surface area contributed by atoms with Crippen molar-refractivity contribution in [3.63, 3.8) is 0 Å². The van der Waals surface area contributed by atoms with Crippen LogP contribution >= 0.6 is 0 Å². The number of nitrogens with zero attached hydrogens (tertiary/aromatic N) is 1. The molecule has 2 heteroatoms. The molecule has 0 radical (unpaired) electrons. The Labute approximate surface area is 84.7 Å². The zero-order valence-electron chi connectivity index (χ0n) is 8.37. The third kappa shape index (κ3) is 1.45. The molecular weight excluding hydrogens is 172 g/mol. The van der Waals surface area contributed by atoms with Gasteiger partial charge in [0, 0.05) is 25.2 Å². The molecule has 2 aliphatic rings. The van der Waals surface area contributed by atoms with Gasteiger partial charge < -0.3 is 5.73 Å². The van der Waals surface area contributed by atoms with E-state index in [1.54, 1.807) is 0 Å². The van der Waals surface area contributed by atoms with E-state index in [1.165, 1.54) is 24.0 Å². The van der Waals surface area contributed by atoms with Gasteiger partial charge in [-0.15, -0.1) is 0 Å². The Balaban J connectivity index is 1.72. The highest BCUT2D eigenvalue weighted by molar-refractivity contribution is 5.30. The van der Waals surface area contributed by atoms with Crippen LogP contribution in [-0.4, -0.2) is 17.0 Å². The summed E-state index contributed by atoms with van der Waals surface area (Å²) in [4.78, 5) is 2.47. The molecule has 0 saturated heterocycles. The van der Waals surface area contributed by atoms with E-state index in [2.05, 4.69) is 29.2 Å². The van der Waals surface area contributed by atoms with Crippen molar-refractivity contribution in [1.82, 2.24) is 4.90 Å². The fourth-order valence-corrected chi connectivity index (χ4v) is 2.28. The summed E-state index contributed by atoms with van der Waals surface area (Å²) in [5.74, 6) is 0. The minimum Gasteiger partial charge on any atom is -0.324 e. The first-order chi connectivity index (χ1) is 6.75. The predicted octanol–water partition coefficient (Wildman–Crippen LogP) is 1.49. The van der Waals surface area contributed by atoms with Crippen molar-refractivity contribution >= 4 is 0 Å². The predicted molar refractivity (Wildman–Crippen MR) is 56.7 cm³/mol. The summed E-state index contributed by atoms with van der Waals surface area (Å²) in [5.41, 5.74) is 9.24. The van der Waals surface area contributed by atoms with Gasteiger partial charge in [0.25, 0.3) is 0 Å². The Morgan fingerprint density at radius 1 is 1.14 bits per heavy atom. The number of hydrogen-bond donors (Lipinski definition) is 1. The molecule has 1 fully saturated rings. The lowest BCUT2D eigenvalue weighted by atomic mass is 10.1. The molecule has 1 saturated carbocycles. The van der Waals surface area contributed by atoms with Crippen LogP contribution in [0.3, 0.4) is 0 Å². The smallest absolute Gasteiger partial charge is 0.0285 e. The van der Waals surface area contributed by atoms with E-state index in [-0.39, 0.29) is 5.54 Å². The summed E-state index contributed by atoms with van der Waals surface area (Å²) >= 11 is 0. The number of benzene rings is 1. The first-order valence-electron chi connectivity index (χ1n) is 5.33. The van der Waals surface area contributed by atoms with E-state index < -0.39 is 0 Å². The van der Waals surface area contributed by atoms with Gasteiger partial charge in [-0.3, -0.25) is 4.90 Å². The van der Waals surface area contributed by atoms with Crippen LogP contribution in [0.15, 0.2) is 24.3 Å². The molecule has 1 aliphatic heterocycles. The summed E-state index contributed by atoms with van der Waals surface area (Å²) in [6.07, 6.45) is 2.42. The lowest BCUT2D eigenvalue weighted by Gasteiger charge is -2.19. The van der Waals surface area contributed by atoms with Gasteiger partial charge in [0.1, 0.15) is 0 Å². The van der Waals surface area contributed by atoms with Crippen LogP contribution < -0.4 is 5.73 Å². The second-order valence-electron chi connectivity index (χ2n) is 4.78. The minimum absolute atomic E-state index is 0.155. The molecule has 1 aliphatic carbocycles. The third-order valence-corrected chi connectivity index (χ3v) is 3.34.